The number of hydrogen-bond acceptors (Lipinski definition) is 5. The molecule has 0 radical (unpaired) electrons. The summed E-state index contributed by atoms with van der Waals surface area (Å²) in [7, 11) is 0. The molecule has 1 amide bonds. The van der Waals surface area contributed by atoms with Crippen molar-refractivity contribution in [1.82, 2.24) is 14.5 Å². The first-order chi connectivity index (χ1) is 6.77. The number of likely N-dealkylation sites (tertiary alicyclic amines) is 1. The van der Waals surface area contributed by atoms with Crippen molar-refractivity contribution in [1.29, 1.82) is 0 Å². The van der Waals surface area contributed by atoms with Crippen LogP contribution in [0.15, 0.2) is 6.20 Å². The van der Waals surface area contributed by atoms with Gasteiger partial charge >= 0.3 is 0 Å². The van der Waals surface area contributed by atoms with Crippen LogP contribution >= 0.6 is 11.5 Å². The molecule has 2 rings (SSSR count). The van der Waals surface area contributed by atoms with Crippen LogP contribution in [-0.4, -0.2) is 39.3 Å². The summed E-state index contributed by atoms with van der Waals surface area (Å²) in [4.78, 5) is 24.9. The van der Waals surface area contributed by atoms with Crippen LogP contribution in [0, 0.1) is 0 Å². The van der Waals surface area contributed by atoms with E-state index in [0.717, 1.165) is 11.5 Å². The van der Waals surface area contributed by atoms with E-state index in [1.165, 1.54) is 6.20 Å². The zero-order valence-electron chi connectivity index (χ0n) is 7.47. The number of amides is 1. The summed E-state index contributed by atoms with van der Waals surface area (Å²) in [6.45, 7) is 1.05. The summed E-state index contributed by atoms with van der Waals surface area (Å²) in [5.74, 6) is 0.170. The van der Waals surface area contributed by atoms with E-state index < -0.39 is 0 Å². The van der Waals surface area contributed by atoms with Crippen molar-refractivity contribution in [3.8, 4) is 0 Å². The number of nitrogens with zero attached hydrogens (tertiary/aromatic N) is 3. The van der Waals surface area contributed by atoms with Gasteiger partial charge in [0.15, 0.2) is 0 Å². The van der Waals surface area contributed by atoms with Gasteiger partial charge in [-0.3, -0.25) is 9.59 Å². The standard InChI is InChI=1S/C8H9N3O2S/c12-6-1-3-11(4-2-6)8(13)7-5-9-10-14-7/h5H,1-4H2. The van der Waals surface area contributed by atoms with Crippen molar-refractivity contribution in [3.63, 3.8) is 0 Å². The maximum Gasteiger partial charge on any atom is 0.267 e. The summed E-state index contributed by atoms with van der Waals surface area (Å²) in [6, 6.07) is 0. The SMILES string of the molecule is O=C1CCN(C(=O)c2cnns2)CC1. The minimum atomic E-state index is -0.0625. The molecule has 14 heavy (non-hydrogen) atoms. The second-order valence-corrected chi connectivity index (χ2v) is 3.90. The predicted octanol–water partition coefficient (Wildman–Crippen LogP) is 0.343. The number of Topliss-reactive ketones (excluding diaryl/α,β-unsaturated/α-hetero) is 1. The lowest BCUT2D eigenvalue weighted by Crippen LogP contribution is -2.38. The molecule has 5 nitrogen and oxygen atoms in total. The van der Waals surface area contributed by atoms with Gasteiger partial charge in [0.2, 0.25) is 0 Å². The molecule has 0 aliphatic carbocycles. The van der Waals surface area contributed by atoms with Crippen LogP contribution in [0.3, 0.4) is 0 Å². The maximum atomic E-state index is 11.7. The summed E-state index contributed by atoms with van der Waals surface area (Å²) < 4.78 is 3.63. The average molecular weight is 211 g/mol. The van der Waals surface area contributed by atoms with Crippen molar-refractivity contribution in [3.05, 3.63) is 11.1 Å². The van der Waals surface area contributed by atoms with Crippen LogP contribution in [0.25, 0.3) is 0 Å². The molecule has 1 aliphatic rings. The van der Waals surface area contributed by atoms with E-state index in [-0.39, 0.29) is 11.7 Å². The van der Waals surface area contributed by atoms with Crippen molar-refractivity contribution in [2.24, 2.45) is 0 Å². The number of aromatic nitrogens is 2. The van der Waals surface area contributed by atoms with Gasteiger partial charge in [-0.05, 0) is 11.5 Å². The number of rotatable bonds is 1. The van der Waals surface area contributed by atoms with Crippen molar-refractivity contribution < 1.29 is 9.59 Å². The summed E-state index contributed by atoms with van der Waals surface area (Å²) in [6.07, 6.45) is 2.40. The van der Waals surface area contributed by atoms with E-state index >= 15 is 0 Å². The molecule has 1 aromatic heterocycles. The first-order valence-electron chi connectivity index (χ1n) is 4.35. The molecule has 1 aliphatic heterocycles. The normalized spacial score (nSPS) is 17.1. The molecular formula is C8H9N3O2S. The Bertz CT molecular complexity index is 339. The topological polar surface area (TPSA) is 63.2 Å². The highest BCUT2D eigenvalue weighted by molar-refractivity contribution is 7.07. The Labute approximate surface area is 84.9 Å². The van der Waals surface area contributed by atoms with Crippen LogP contribution in [0.4, 0.5) is 0 Å². The van der Waals surface area contributed by atoms with Gasteiger partial charge in [0, 0.05) is 25.9 Å². The van der Waals surface area contributed by atoms with Crippen LogP contribution in [0.2, 0.25) is 0 Å². The minimum Gasteiger partial charge on any atom is -0.337 e. The highest BCUT2D eigenvalue weighted by Crippen LogP contribution is 2.12. The zero-order valence-corrected chi connectivity index (χ0v) is 8.29. The van der Waals surface area contributed by atoms with Gasteiger partial charge in [-0.1, -0.05) is 4.49 Å². The second-order valence-electron chi connectivity index (χ2n) is 3.11. The van der Waals surface area contributed by atoms with E-state index in [1.54, 1.807) is 4.90 Å². The summed E-state index contributed by atoms with van der Waals surface area (Å²) in [5, 5.41) is 3.61. The Hall–Kier alpha value is -1.30. The predicted molar refractivity (Wildman–Crippen MR) is 50.1 cm³/mol. The zero-order chi connectivity index (χ0) is 9.97. The molecule has 1 fully saturated rings. The summed E-state index contributed by atoms with van der Waals surface area (Å²) >= 11 is 1.09. The van der Waals surface area contributed by atoms with Crippen LogP contribution < -0.4 is 0 Å². The molecule has 0 unspecified atom stereocenters. The molecule has 2 heterocycles. The lowest BCUT2D eigenvalue weighted by Gasteiger charge is -2.24. The van der Waals surface area contributed by atoms with Crippen molar-refractivity contribution in [2.75, 3.05) is 13.1 Å². The van der Waals surface area contributed by atoms with Crippen LogP contribution in [-0.2, 0) is 4.79 Å². The minimum absolute atomic E-state index is 0.0625. The molecule has 0 bridgehead atoms. The van der Waals surface area contributed by atoms with Gasteiger partial charge in [0.1, 0.15) is 10.7 Å². The molecule has 0 saturated carbocycles. The Morgan fingerprint density at radius 3 is 2.71 bits per heavy atom. The number of carbonyl (C=O) groups is 2. The molecule has 0 atom stereocenters. The fourth-order valence-corrected chi connectivity index (χ4v) is 1.86. The number of hydrogen-bond donors (Lipinski definition) is 0. The molecule has 0 spiro atoms. The van der Waals surface area contributed by atoms with Gasteiger partial charge in [-0.25, -0.2) is 0 Å². The Kier molecular flexibility index (Phi) is 2.53. The first kappa shape index (κ1) is 9.26. The third-order valence-corrected chi connectivity index (χ3v) is 2.83. The second kappa shape index (κ2) is 3.83. The molecular weight excluding hydrogens is 202 g/mol. The molecule has 1 aromatic rings. The smallest absolute Gasteiger partial charge is 0.267 e. The lowest BCUT2D eigenvalue weighted by atomic mass is 10.1. The third kappa shape index (κ3) is 1.79. The van der Waals surface area contributed by atoms with E-state index in [1.807, 2.05) is 0 Å². The van der Waals surface area contributed by atoms with Gasteiger partial charge < -0.3 is 4.90 Å². The van der Waals surface area contributed by atoms with Gasteiger partial charge in [-0.2, -0.15) is 0 Å². The molecule has 0 aromatic carbocycles. The highest BCUT2D eigenvalue weighted by atomic mass is 32.1. The van der Waals surface area contributed by atoms with E-state index in [0.29, 0.717) is 30.8 Å². The van der Waals surface area contributed by atoms with Gasteiger partial charge in [0.05, 0.1) is 6.20 Å². The Balaban J connectivity index is 2.03. The summed E-state index contributed by atoms with van der Waals surface area (Å²) in [5.41, 5.74) is 0. The molecule has 74 valence electrons. The molecule has 0 N–H and O–H groups in total. The van der Waals surface area contributed by atoms with Crippen LogP contribution in [0.1, 0.15) is 22.5 Å². The molecule has 6 heteroatoms. The fourth-order valence-electron chi connectivity index (χ4n) is 1.38. The van der Waals surface area contributed by atoms with E-state index in [9.17, 15) is 9.59 Å². The first-order valence-corrected chi connectivity index (χ1v) is 5.13. The largest absolute Gasteiger partial charge is 0.337 e. The highest BCUT2D eigenvalue weighted by Gasteiger charge is 2.22. The third-order valence-electron chi connectivity index (χ3n) is 2.18. The Morgan fingerprint density at radius 1 is 1.43 bits per heavy atom. The fraction of sp³-hybridized carbons (Fsp3) is 0.500. The van der Waals surface area contributed by atoms with Gasteiger partial charge in [0.25, 0.3) is 5.91 Å². The van der Waals surface area contributed by atoms with Gasteiger partial charge in [-0.15, -0.1) is 5.10 Å². The van der Waals surface area contributed by atoms with Crippen LogP contribution in [0.5, 0.6) is 0 Å². The van der Waals surface area contributed by atoms with E-state index in [2.05, 4.69) is 9.59 Å². The number of piperidine rings is 1. The number of carbonyl (C=O) groups excluding carboxylic acids is 2. The Morgan fingerprint density at radius 2 is 2.14 bits per heavy atom. The lowest BCUT2D eigenvalue weighted by molar-refractivity contribution is -0.120. The average Bonchev–Trinajstić information content (AvgIpc) is 2.71. The van der Waals surface area contributed by atoms with Crippen molar-refractivity contribution in [2.45, 2.75) is 12.8 Å². The molecule has 1 saturated heterocycles. The quantitative estimate of drug-likeness (QED) is 0.672. The van der Waals surface area contributed by atoms with Crippen molar-refractivity contribution >= 4 is 23.2 Å². The monoisotopic (exact) mass is 211 g/mol. The maximum absolute atomic E-state index is 11.7. The van der Waals surface area contributed by atoms with E-state index in [4.69, 9.17) is 0 Å². The number of ketones is 1.